The third kappa shape index (κ3) is 6.73. The number of ether oxygens (including phenoxy) is 3. The summed E-state index contributed by atoms with van der Waals surface area (Å²) in [5.41, 5.74) is 1.19. The van der Waals surface area contributed by atoms with Crippen molar-refractivity contribution in [1.82, 2.24) is 0 Å². The summed E-state index contributed by atoms with van der Waals surface area (Å²) in [6.07, 6.45) is 1.41. The van der Waals surface area contributed by atoms with Crippen LogP contribution < -0.4 is 19.5 Å². The molecular weight excluding hydrogens is 577 g/mol. The van der Waals surface area contributed by atoms with E-state index in [1.807, 2.05) is 43.3 Å². The number of anilines is 1. The van der Waals surface area contributed by atoms with Crippen LogP contribution in [0.5, 0.6) is 17.2 Å². The van der Waals surface area contributed by atoms with Crippen LogP contribution in [0.4, 0.5) is 11.4 Å². The molecule has 0 atom stereocenters. The second kappa shape index (κ2) is 12.6. The first-order valence-corrected chi connectivity index (χ1v) is 11.8. The van der Waals surface area contributed by atoms with Gasteiger partial charge in [0.25, 0.3) is 11.6 Å². The molecule has 0 fully saturated rings. The van der Waals surface area contributed by atoms with E-state index in [4.69, 9.17) is 14.2 Å². The summed E-state index contributed by atoms with van der Waals surface area (Å²) in [6.45, 7) is 2.59. The van der Waals surface area contributed by atoms with E-state index in [0.29, 0.717) is 30.3 Å². The first kappa shape index (κ1) is 26.5. The maximum atomic E-state index is 12.8. The molecule has 0 heterocycles. The van der Waals surface area contributed by atoms with Gasteiger partial charge in [0.1, 0.15) is 24.0 Å². The van der Waals surface area contributed by atoms with Crippen LogP contribution in [0, 0.1) is 25.0 Å². The zero-order chi connectivity index (χ0) is 26.1. The Kier molecular flexibility index (Phi) is 9.24. The predicted octanol–water partition coefficient (Wildman–Crippen LogP) is 5.73. The molecule has 0 aliphatic carbocycles. The normalized spacial score (nSPS) is 10.8. The minimum Gasteiger partial charge on any atom is -0.495 e. The maximum Gasteiger partial charge on any atom is 0.271 e. The number of rotatable bonds is 10. The summed E-state index contributed by atoms with van der Waals surface area (Å²) in [6, 6.07) is 18.8. The standard InChI is InChI=1S/C26H22IN3O6/c1-3-35-24-13-18(12-21(27)25(24)36-16-17-7-5-4-6-8-17)11-19(15-28)26(31)29-22-14-20(30(32)33)9-10-23(22)34-2/h4-14H,3,16H2,1-2H3,(H,29,31)/b19-11+. The Morgan fingerprint density at radius 1 is 1.14 bits per heavy atom. The van der Waals surface area contributed by atoms with Crippen LogP contribution in [0.25, 0.3) is 6.08 Å². The quantitative estimate of drug-likeness (QED) is 0.104. The molecule has 10 heteroatoms. The molecule has 0 aliphatic heterocycles. The molecule has 0 aliphatic rings. The van der Waals surface area contributed by atoms with Gasteiger partial charge in [-0.25, -0.2) is 0 Å². The van der Waals surface area contributed by atoms with Gasteiger partial charge < -0.3 is 19.5 Å². The Balaban J connectivity index is 1.88. The summed E-state index contributed by atoms with van der Waals surface area (Å²) >= 11 is 2.11. The minimum atomic E-state index is -0.742. The van der Waals surface area contributed by atoms with Crippen molar-refractivity contribution in [2.45, 2.75) is 13.5 Å². The van der Waals surface area contributed by atoms with Gasteiger partial charge in [0, 0.05) is 12.1 Å². The second-order valence-corrected chi connectivity index (χ2v) is 8.47. The second-order valence-electron chi connectivity index (χ2n) is 7.30. The van der Waals surface area contributed by atoms with Crippen LogP contribution in [0.15, 0.2) is 66.2 Å². The summed E-state index contributed by atoms with van der Waals surface area (Å²) in [5.74, 6) is 0.514. The zero-order valence-electron chi connectivity index (χ0n) is 19.5. The van der Waals surface area contributed by atoms with Gasteiger partial charge in [-0.15, -0.1) is 0 Å². The largest absolute Gasteiger partial charge is 0.495 e. The number of carbonyl (C=O) groups is 1. The number of hydrogen-bond donors (Lipinski definition) is 1. The van der Waals surface area contributed by atoms with Crippen LogP contribution >= 0.6 is 22.6 Å². The fourth-order valence-corrected chi connectivity index (χ4v) is 4.00. The first-order chi connectivity index (χ1) is 17.4. The number of halogens is 1. The van der Waals surface area contributed by atoms with Crippen molar-refractivity contribution in [1.29, 1.82) is 5.26 Å². The third-order valence-corrected chi connectivity index (χ3v) is 5.68. The Morgan fingerprint density at radius 2 is 1.89 bits per heavy atom. The number of benzene rings is 3. The van der Waals surface area contributed by atoms with E-state index in [1.165, 1.54) is 31.4 Å². The number of nitro groups is 1. The number of amides is 1. The van der Waals surface area contributed by atoms with Crippen LogP contribution in [0.2, 0.25) is 0 Å². The van der Waals surface area contributed by atoms with Gasteiger partial charge in [0.05, 0.1) is 27.9 Å². The van der Waals surface area contributed by atoms with E-state index in [9.17, 15) is 20.2 Å². The Hall–Kier alpha value is -4.11. The number of hydrogen-bond acceptors (Lipinski definition) is 7. The van der Waals surface area contributed by atoms with E-state index in [1.54, 1.807) is 12.1 Å². The molecule has 9 nitrogen and oxygen atoms in total. The summed E-state index contributed by atoms with van der Waals surface area (Å²) in [5, 5.41) is 23.3. The number of nitro benzene ring substituents is 1. The average Bonchev–Trinajstić information content (AvgIpc) is 2.87. The number of nitrogens with zero attached hydrogens (tertiary/aromatic N) is 2. The number of methoxy groups -OCH3 is 1. The van der Waals surface area contributed by atoms with Crippen molar-refractivity contribution in [2.24, 2.45) is 0 Å². The number of nitrogens with one attached hydrogen (secondary N) is 1. The average molecular weight is 599 g/mol. The van der Waals surface area contributed by atoms with Crippen molar-refractivity contribution in [3.63, 3.8) is 0 Å². The monoisotopic (exact) mass is 599 g/mol. The number of non-ortho nitro benzene ring substituents is 1. The fraction of sp³-hybridized carbons (Fsp3) is 0.154. The van der Waals surface area contributed by atoms with Crippen molar-refractivity contribution < 1.29 is 23.9 Å². The lowest BCUT2D eigenvalue weighted by Gasteiger charge is -2.15. The molecule has 0 aromatic heterocycles. The third-order valence-electron chi connectivity index (χ3n) is 4.88. The summed E-state index contributed by atoms with van der Waals surface area (Å²) in [4.78, 5) is 23.4. The van der Waals surface area contributed by atoms with Gasteiger partial charge >= 0.3 is 0 Å². The van der Waals surface area contributed by atoms with E-state index < -0.39 is 10.8 Å². The molecule has 3 rings (SSSR count). The highest BCUT2D eigenvalue weighted by Gasteiger charge is 2.18. The molecule has 0 radical (unpaired) electrons. The van der Waals surface area contributed by atoms with Crippen molar-refractivity contribution in [2.75, 3.05) is 19.0 Å². The maximum absolute atomic E-state index is 12.8. The molecule has 1 amide bonds. The Bertz CT molecular complexity index is 1340. The highest BCUT2D eigenvalue weighted by Crippen LogP contribution is 2.36. The van der Waals surface area contributed by atoms with Crippen molar-refractivity contribution >= 4 is 45.9 Å². The fourth-order valence-electron chi connectivity index (χ4n) is 3.22. The van der Waals surface area contributed by atoms with E-state index in [2.05, 4.69) is 27.9 Å². The lowest BCUT2D eigenvalue weighted by atomic mass is 10.1. The molecule has 184 valence electrons. The number of nitriles is 1. The van der Waals surface area contributed by atoms with Crippen LogP contribution in [0.3, 0.4) is 0 Å². The first-order valence-electron chi connectivity index (χ1n) is 10.7. The van der Waals surface area contributed by atoms with Gasteiger partial charge in [-0.3, -0.25) is 14.9 Å². The highest BCUT2D eigenvalue weighted by atomic mass is 127. The van der Waals surface area contributed by atoms with Gasteiger partial charge in [0.15, 0.2) is 11.5 Å². The topological polar surface area (TPSA) is 124 Å². The minimum absolute atomic E-state index is 0.0760. The van der Waals surface area contributed by atoms with Gasteiger partial charge in [-0.1, -0.05) is 30.3 Å². The van der Waals surface area contributed by atoms with Gasteiger partial charge in [-0.05, 0) is 64.9 Å². The highest BCUT2D eigenvalue weighted by molar-refractivity contribution is 14.1. The number of carbonyl (C=O) groups excluding carboxylic acids is 1. The van der Waals surface area contributed by atoms with Gasteiger partial charge in [0.2, 0.25) is 0 Å². The molecule has 0 unspecified atom stereocenters. The lowest BCUT2D eigenvalue weighted by molar-refractivity contribution is -0.384. The molecule has 0 saturated heterocycles. The van der Waals surface area contributed by atoms with E-state index in [0.717, 1.165) is 9.13 Å². The van der Waals surface area contributed by atoms with Crippen LogP contribution in [-0.4, -0.2) is 24.5 Å². The Morgan fingerprint density at radius 3 is 2.53 bits per heavy atom. The molecular formula is C26H22IN3O6. The summed E-state index contributed by atoms with van der Waals surface area (Å²) in [7, 11) is 1.37. The van der Waals surface area contributed by atoms with Crippen molar-refractivity contribution in [3.8, 4) is 23.3 Å². The van der Waals surface area contributed by atoms with Crippen LogP contribution in [0.1, 0.15) is 18.1 Å². The predicted molar refractivity (Wildman–Crippen MR) is 143 cm³/mol. The zero-order valence-corrected chi connectivity index (χ0v) is 21.6. The molecule has 0 saturated carbocycles. The molecule has 36 heavy (non-hydrogen) atoms. The van der Waals surface area contributed by atoms with Gasteiger partial charge in [-0.2, -0.15) is 5.26 Å². The van der Waals surface area contributed by atoms with Crippen LogP contribution in [-0.2, 0) is 11.4 Å². The Labute approximate surface area is 221 Å². The van der Waals surface area contributed by atoms with E-state index >= 15 is 0 Å². The molecule has 3 aromatic carbocycles. The SMILES string of the molecule is CCOc1cc(/C=C(\C#N)C(=O)Nc2cc([N+](=O)[O-])ccc2OC)cc(I)c1OCc1ccccc1. The smallest absolute Gasteiger partial charge is 0.271 e. The molecule has 0 spiro atoms. The molecule has 3 aromatic rings. The summed E-state index contributed by atoms with van der Waals surface area (Å²) < 4.78 is 17.7. The molecule has 0 bridgehead atoms. The lowest BCUT2D eigenvalue weighted by Crippen LogP contribution is -2.14. The van der Waals surface area contributed by atoms with Crippen molar-refractivity contribution in [3.05, 3.63) is 91.0 Å². The van der Waals surface area contributed by atoms with E-state index in [-0.39, 0.29) is 22.7 Å². The molecule has 1 N–H and O–H groups in total.